The van der Waals surface area contributed by atoms with E-state index in [-0.39, 0.29) is 0 Å². The Labute approximate surface area is 195 Å². The molecule has 33 heavy (non-hydrogen) atoms. The molecule has 0 unspecified atom stereocenters. The van der Waals surface area contributed by atoms with Crippen LogP contribution in [-0.4, -0.2) is 0 Å². The molecule has 0 radical (unpaired) electrons. The van der Waals surface area contributed by atoms with Crippen LogP contribution >= 0.6 is 0 Å². The molecule has 0 saturated carbocycles. The van der Waals surface area contributed by atoms with Crippen molar-refractivity contribution in [2.24, 2.45) is 13.0 Å². The zero-order valence-electron chi connectivity index (χ0n) is 20.3. The molecule has 2 heterocycles. The van der Waals surface area contributed by atoms with Gasteiger partial charge in [-0.2, -0.15) is 4.57 Å². The van der Waals surface area contributed by atoms with Gasteiger partial charge in [0, 0.05) is 11.5 Å². The number of aromatic nitrogens is 1. The smallest absolute Gasteiger partial charge is 0.256 e. The Morgan fingerprint density at radius 3 is 2.42 bits per heavy atom. The van der Waals surface area contributed by atoms with Crippen LogP contribution in [0, 0.1) is 26.7 Å². The number of aryl methyl sites for hydroxylation is 3. The third-order valence-electron chi connectivity index (χ3n) is 7.28. The summed E-state index contributed by atoms with van der Waals surface area (Å²) < 4.78 is 9.06. The van der Waals surface area contributed by atoms with Gasteiger partial charge in [0.05, 0.1) is 16.3 Å². The highest BCUT2D eigenvalue weighted by Crippen LogP contribution is 2.49. The summed E-state index contributed by atoms with van der Waals surface area (Å²) in [5.41, 5.74) is 9.04. The van der Waals surface area contributed by atoms with Crippen molar-refractivity contribution >= 4 is 32.4 Å². The zero-order valence-corrected chi connectivity index (χ0v) is 20.3. The van der Waals surface area contributed by atoms with E-state index in [9.17, 15) is 0 Å². The molecule has 6 rings (SSSR count). The first kappa shape index (κ1) is 20.2. The van der Waals surface area contributed by atoms with Crippen molar-refractivity contribution in [3.05, 3.63) is 76.9 Å². The van der Waals surface area contributed by atoms with E-state index in [1.54, 1.807) is 0 Å². The molecular weight excluding hydrogens is 402 g/mol. The van der Waals surface area contributed by atoms with Gasteiger partial charge in [-0.15, -0.1) is 0 Å². The number of rotatable bonds is 2. The van der Waals surface area contributed by atoms with E-state index in [1.807, 2.05) is 0 Å². The molecule has 0 saturated heterocycles. The van der Waals surface area contributed by atoms with Crippen LogP contribution in [0.2, 0.25) is 0 Å². The second-order valence-corrected chi connectivity index (χ2v) is 10.2. The van der Waals surface area contributed by atoms with Gasteiger partial charge in [-0.3, -0.25) is 0 Å². The molecule has 2 nitrogen and oxygen atoms in total. The summed E-state index contributed by atoms with van der Waals surface area (Å²) in [5, 5.41) is 6.37. The lowest BCUT2D eigenvalue weighted by atomic mass is 9.88. The molecule has 4 aromatic carbocycles. The van der Waals surface area contributed by atoms with E-state index in [2.05, 4.69) is 101 Å². The second-order valence-electron chi connectivity index (χ2n) is 10.2. The predicted octanol–water partition coefficient (Wildman–Crippen LogP) is 7.87. The molecule has 0 N–H and O–H groups in total. The first-order valence-electron chi connectivity index (χ1n) is 11.9. The van der Waals surface area contributed by atoms with Crippen LogP contribution in [0.3, 0.4) is 0 Å². The quantitative estimate of drug-likeness (QED) is 0.200. The Balaban J connectivity index is 1.82. The van der Waals surface area contributed by atoms with Crippen molar-refractivity contribution in [1.82, 2.24) is 0 Å². The lowest BCUT2D eigenvalue weighted by Crippen LogP contribution is -2.34. The van der Waals surface area contributed by atoms with Gasteiger partial charge in [0.1, 0.15) is 12.8 Å². The van der Waals surface area contributed by atoms with Crippen LogP contribution < -0.4 is 9.30 Å². The molecule has 1 aromatic heterocycles. The highest BCUT2D eigenvalue weighted by molar-refractivity contribution is 6.09. The van der Waals surface area contributed by atoms with Gasteiger partial charge in [0.15, 0.2) is 5.75 Å². The molecule has 0 spiro atoms. The molecule has 1 aliphatic heterocycles. The summed E-state index contributed by atoms with van der Waals surface area (Å²) in [4.78, 5) is 0. The molecule has 0 amide bonds. The fraction of sp³-hybridized carbons (Fsp3) is 0.258. The monoisotopic (exact) mass is 432 g/mol. The topological polar surface area (TPSA) is 13.1 Å². The molecular formula is C31H30NO+. The van der Waals surface area contributed by atoms with Crippen molar-refractivity contribution in [3.63, 3.8) is 0 Å². The van der Waals surface area contributed by atoms with Gasteiger partial charge in [-0.1, -0.05) is 50.2 Å². The minimum Gasteiger partial charge on any atom is -0.450 e. The number of fused-ring (bicyclic) bond motifs is 5. The highest BCUT2D eigenvalue weighted by Gasteiger charge is 2.32. The molecule has 5 aromatic rings. The Kier molecular flexibility index (Phi) is 4.32. The molecule has 0 fully saturated rings. The number of ether oxygens (including phenoxy) is 1. The Hall–Kier alpha value is -3.39. The van der Waals surface area contributed by atoms with Crippen molar-refractivity contribution < 1.29 is 9.30 Å². The van der Waals surface area contributed by atoms with Gasteiger partial charge in [-0.25, -0.2) is 0 Å². The number of pyridine rings is 1. The van der Waals surface area contributed by atoms with Gasteiger partial charge >= 0.3 is 0 Å². The van der Waals surface area contributed by atoms with Gasteiger partial charge in [0.25, 0.3) is 5.69 Å². The minimum atomic E-state index is 0.582. The average molecular weight is 433 g/mol. The first-order chi connectivity index (χ1) is 15.8. The average Bonchev–Trinajstić information content (AvgIpc) is 2.76. The fourth-order valence-electron chi connectivity index (χ4n) is 5.76. The maximum absolute atomic E-state index is 6.67. The summed E-state index contributed by atoms with van der Waals surface area (Å²) in [6.45, 7) is 11.2. The van der Waals surface area contributed by atoms with Crippen LogP contribution in [0.4, 0.5) is 0 Å². The van der Waals surface area contributed by atoms with E-state index in [0.29, 0.717) is 5.92 Å². The standard InChI is InChI=1S/C31H30NO/c1-17(2)11-22-15-21-9-7-8-10-24(21)30-25(22)16-27-31(32(30)6)28-20(5)19(4)14-23-12-18(3)13-26(33-27)29(23)28/h7-10,12-17H,11H2,1-6H3/q+1. The van der Waals surface area contributed by atoms with Crippen LogP contribution in [-0.2, 0) is 13.5 Å². The molecule has 164 valence electrons. The van der Waals surface area contributed by atoms with Gasteiger partial charge < -0.3 is 4.74 Å². The molecule has 0 aliphatic carbocycles. The van der Waals surface area contributed by atoms with Crippen molar-refractivity contribution in [3.8, 4) is 22.8 Å². The van der Waals surface area contributed by atoms with E-state index >= 15 is 0 Å². The van der Waals surface area contributed by atoms with Crippen LogP contribution in [0.5, 0.6) is 11.5 Å². The van der Waals surface area contributed by atoms with Crippen LogP contribution in [0.15, 0.2) is 54.6 Å². The summed E-state index contributed by atoms with van der Waals surface area (Å²) in [6, 6.07) is 20.2. The van der Waals surface area contributed by atoms with Gasteiger partial charge in [0.2, 0.25) is 5.52 Å². The number of benzene rings is 4. The maximum atomic E-state index is 6.67. The molecule has 0 bridgehead atoms. The minimum absolute atomic E-state index is 0.582. The Bertz CT molecular complexity index is 1620. The van der Waals surface area contributed by atoms with Crippen LogP contribution in [0.1, 0.15) is 36.1 Å². The number of nitrogens with zero attached hydrogens (tertiary/aromatic N) is 1. The lowest BCUT2D eigenvalue weighted by molar-refractivity contribution is -0.633. The molecule has 0 atom stereocenters. The summed E-state index contributed by atoms with van der Waals surface area (Å²) >= 11 is 0. The summed E-state index contributed by atoms with van der Waals surface area (Å²) in [7, 11) is 2.21. The van der Waals surface area contributed by atoms with E-state index < -0.39 is 0 Å². The first-order valence-corrected chi connectivity index (χ1v) is 11.9. The Morgan fingerprint density at radius 1 is 0.848 bits per heavy atom. The van der Waals surface area contributed by atoms with E-state index in [4.69, 9.17) is 4.74 Å². The number of hydrogen-bond donors (Lipinski definition) is 0. The lowest BCUT2D eigenvalue weighted by Gasteiger charge is -2.23. The zero-order chi connectivity index (χ0) is 23.0. The highest BCUT2D eigenvalue weighted by atomic mass is 16.5. The van der Waals surface area contributed by atoms with Crippen molar-refractivity contribution in [2.45, 2.75) is 41.0 Å². The fourth-order valence-corrected chi connectivity index (χ4v) is 5.76. The summed E-state index contributed by atoms with van der Waals surface area (Å²) in [5.74, 6) is 2.51. The van der Waals surface area contributed by atoms with E-state index in [1.165, 1.54) is 66.0 Å². The second kappa shape index (κ2) is 7.05. The largest absolute Gasteiger partial charge is 0.450 e. The SMILES string of the molecule is Cc1cc2c3c(c(C)c(C)cc3c1)-c1c(cc3c(CC(C)C)cc4ccccc4c3[n+]1C)O2. The molecule has 1 aliphatic rings. The van der Waals surface area contributed by atoms with Crippen LogP contribution in [0.25, 0.3) is 43.7 Å². The molecule has 2 heteroatoms. The van der Waals surface area contributed by atoms with Crippen molar-refractivity contribution in [2.75, 3.05) is 0 Å². The predicted molar refractivity (Wildman–Crippen MR) is 138 cm³/mol. The third kappa shape index (κ3) is 2.90. The maximum Gasteiger partial charge on any atom is 0.256 e. The summed E-state index contributed by atoms with van der Waals surface area (Å²) in [6.07, 6.45) is 1.05. The normalized spacial score (nSPS) is 12.6. The third-order valence-corrected chi connectivity index (χ3v) is 7.28. The number of hydrogen-bond acceptors (Lipinski definition) is 1. The van der Waals surface area contributed by atoms with Gasteiger partial charge in [-0.05, 0) is 78.3 Å². The van der Waals surface area contributed by atoms with Crippen molar-refractivity contribution in [1.29, 1.82) is 0 Å². The van der Waals surface area contributed by atoms with E-state index in [0.717, 1.165) is 17.9 Å². The Morgan fingerprint density at radius 2 is 1.64 bits per heavy atom.